The third kappa shape index (κ3) is 5.91. The number of likely N-dealkylation sites (tertiary alicyclic amines) is 1. The maximum atomic E-state index is 12.8. The van der Waals surface area contributed by atoms with Crippen LogP contribution in [0.5, 0.6) is 0 Å². The SMILES string of the molecule is NC(=O)CCC(NC(=O)CNC(=O)C1CCCN1)C(=O)N1CCCC1C(=O)O. The second-order valence-corrected chi connectivity index (χ2v) is 7.02. The Morgan fingerprint density at radius 1 is 1.18 bits per heavy atom. The van der Waals surface area contributed by atoms with E-state index in [1.54, 1.807) is 0 Å². The minimum absolute atomic E-state index is 0.0408. The highest BCUT2D eigenvalue weighted by atomic mass is 16.4. The predicted octanol–water partition coefficient (Wildman–Crippen LogP) is -2.32. The van der Waals surface area contributed by atoms with Gasteiger partial charge in [0.15, 0.2) is 0 Å². The summed E-state index contributed by atoms with van der Waals surface area (Å²) in [6.45, 7) is 0.692. The van der Waals surface area contributed by atoms with Gasteiger partial charge in [0, 0.05) is 13.0 Å². The summed E-state index contributed by atoms with van der Waals surface area (Å²) >= 11 is 0. The molecule has 2 aliphatic rings. The van der Waals surface area contributed by atoms with Crippen molar-refractivity contribution in [3.05, 3.63) is 0 Å². The highest BCUT2D eigenvalue weighted by molar-refractivity contribution is 5.93. The molecule has 0 saturated carbocycles. The molecule has 2 heterocycles. The van der Waals surface area contributed by atoms with Gasteiger partial charge in [0.05, 0.1) is 12.6 Å². The second kappa shape index (κ2) is 10.0. The Kier molecular flexibility index (Phi) is 7.73. The number of carbonyl (C=O) groups excluding carboxylic acids is 4. The quantitative estimate of drug-likeness (QED) is 0.291. The Balaban J connectivity index is 1.94. The number of amides is 4. The van der Waals surface area contributed by atoms with E-state index in [-0.39, 0.29) is 37.9 Å². The van der Waals surface area contributed by atoms with E-state index in [0.29, 0.717) is 19.3 Å². The summed E-state index contributed by atoms with van der Waals surface area (Å²) in [5.41, 5.74) is 5.13. The average Bonchev–Trinajstić information content (AvgIpc) is 3.34. The molecule has 3 unspecified atom stereocenters. The molecule has 6 N–H and O–H groups in total. The molecule has 28 heavy (non-hydrogen) atoms. The van der Waals surface area contributed by atoms with Gasteiger partial charge >= 0.3 is 5.97 Å². The number of hydrogen-bond donors (Lipinski definition) is 5. The summed E-state index contributed by atoms with van der Waals surface area (Å²) < 4.78 is 0. The number of nitrogens with one attached hydrogen (secondary N) is 3. The van der Waals surface area contributed by atoms with Crippen molar-refractivity contribution in [2.75, 3.05) is 19.6 Å². The van der Waals surface area contributed by atoms with Crippen LogP contribution in [0.3, 0.4) is 0 Å². The largest absolute Gasteiger partial charge is 0.480 e. The van der Waals surface area contributed by atoms with Crippen molar-refractivity contribution < 1.29 is 29.1 Å². The van der Waals surface area contributed by atoms with Crippen molar-refractivity contribution in [2.24, 2.45) is 5.73 Å². The molecule has 2 saturated heterocycles. The van der Waals surface area contributed by atoms with Crippen LogP contribution in [-0.2, 0) is 24.0 Å². The molecule has 156 valence electrons. The Labute approximate surface area is 162 Å². The van der Waals surface area contributed by atoms with Crippen molar-refractivity contribution in [1.82, 2.24) is 20.9 Å². The van der Waals surface area contributed by atoms with Crippen LogP contribution in [-0.4, -0.2) is 77.4 Å². The Hall–Kier alpha value is -2.69. The lowest BCUT2D eigenvalue weighted by atomic mass is 10.1. The number of rotatable bonds is 9. The van der Waals surface area contributed by atoms with Crippen LogP contribution < -0.4 is 21.7 Å². The number of hydrogen-bond acceptors (Lipinski definition) is 6. The molecule has 0 radical (unpaired) electrons. The first-order valence-electron chi connectivity index (χ1n) is 9.41. The van der Waals surface area contributed by atoms with E-state index >= 15 is 0 Å². The van der Waals surface area contributed by atoms with Gasteiger partial charge in [-0.05, 0) is 38.6 Å². The molecule has 2 aliphatic heterocycles. The molecule has 0 aromatic carbocycles. The highest BCUT2D eigenvalue weighted by Gasteiger charge is 2.37. The summed E-state index contributed by atoms with van der Waals surface area (Å²) in [4.78, 5) is 60.5. The lowest BCUT2D eigenvalue weighted by Gasteiger charge is -2.27. The van der Waals surface area contributed by atoms with Gasteiger partial charge in [-0.2, -0.15) is 0 Å². The van der Waals surface area contributed by atoms with Gasteiger partial charge in [-0.25, -0.2) is 4.79 Å². The van der Waals surface area contributed by atoms with Crippen LogP contribution in [0.4, 0.5) is 0 Å². The third-order valence-corrected chi connectivity index (χ3v) is 4.93. The molecular weight excluding hydrogens is 370 g/mol. The number of carboxylic acids is 1. The van der Waals surface area contributed by atoms with Crippen LogP contribution in [0.15, 0.2) is 0 Å². The zero-order valence-electron chi connectivity index (χ0n) is 15.6. The summed E-state index contributed by atoms with van der Waals surface area (Å²) in [6, 6.07) is -2.36. The fourth-order valence-corrected chi connectivity index (χ4v) is 3.48. The molecule has 0 spiro atoms. The van der Waals surface area contributed by atoms with E-state index < -0.39 is 35.8 Å². The lowest BCUT2D eigenvalue weighted by molar-refractivity contribution is -0.149. The molecule has 0 aliphatic carbocycles. The molecular formula is C17H27N5O6. The molecule has 11 nitrogen and oxygen atoms in total. The van der Waals surface area contributed by atoms with Crippen molar-refractivity contribution in [3.63, 3.8) is 0 Å². The van der Waals surface area contributed by atoms with Gasteiger partial charge in [-0.3, -0.25) is 19.2 Å². The van der Waals surface area contributed by atoms with E-state index in [4.69, 9.17) is 5.73 Å². The number of nitrogens with two attached hydrogens (primary N) is 1. The smallest absolute Gasteiger partial charge is 0.326 e. The van der Waals surface area contributed by atoms with Crippen molar-refractivity contribution in [2.45, 2.75) is 56.7 Å². The minimum Gasteiger partial charge on any atom is -0.480 e. The average molecular weight is 397 g/mol. The van der Waals surface area contributed by atoms with E-state index in [1.165, 1.54) is 4.90 Å². The van der Waals surface area contributed by atoms with Crippen LogP contribution in [0.2, 0.25) is 0 Å². The first kappa shape index (κ1) is 21.6. The fourth-order valence-electron chi connectivity index (χ4n) is 3.48. The van der Waals surface area contributed by atoms with Gasteiger partial charge in [0.25, 0.3) is 0 Å². The zero-order valence-corrected chi connectivity index (χ0v) is 15.6. The van der Waals surface area contributed by atoms with Crippen LogP contribution in [0, 0.1) is 0 Å². The van der Waals surface area contributed by atoms with Gasteiger partial charge in [-0.1, -0.05) is 0 Å². The first-order chi connectivity index (χ1) is 13.3. The standard InChI is InChI=1S/C17H27N5O6/c18-13(23)6-5-11(16(26)22-8-2-4-12(22)17(27)28)21-14(24)9-20-15(25)10-3-1-7-19-10/h10-12,19H,1-9H2,(H2,18,23)(H,20,25)(H,21,24)(H,27,28). The fraction of sp³-hybridized carbons (Fsp3) is 0.706. The lowest BCUT2D eigenvalue weighted by Crippen LogP contribution is -2.54. The summed E-state index contributed by atoms with van der Waals surface area (Å²) in [5, 5.41) is 17.3. The van der Waals surface area contributed by atoms with E-state index in [2.05, 4.69) is 16.0 Å². The highest BCUT2D eigenvalue weighted by Crippen LogP contribution is 2.19. The molecule has 0 aromatic rings. The number of primary amides is 1. The summed E-state index contributed by atoms with van der Waals surface area (Å²) in [5.74, 6) is -3.20. The van der Waals surface area contributed by atoms with E-state index in [9.17, 15) is 29.1 Å². The molecule has 4 amide bonds. The molecule has 11 heteroatoms. The van der Waals surface area contributed by atoms with Crippen LogP contribution in [0.25, 0.3) is 0 Å². The maximum Gasteiger partial charge on any atom is 0.326 e. The van der Waals surface area contributed by atoms with Crippen LogP contribution >= 0.6 is 0 Å². The monoisotopic (exact) mass is 397 g/mol. The molecule has 2 fully saturated rings. The topological polar surface area (TPSA) is 171 Å². The molecule has 3 atom stereocenters. The second-order valence-electron chi connectivity index (χ2n) is 7.02. The first-order valence-corrected chi connectivity index (χ1v) is 9.41. The Morgan fingerprint density at radius 2 is 1.93 bits per heavy atom. The maximum absolute atomic E-state index is 12.8. The normalized spacial score (nSPS) is 22.5. The van der Waals surface area contributed by atoms with E-state index in [0.717, 1.165) is 13.0 Å². The molecule has 0 aromatic heterocycles. The number of carbonyl (C=O) groups is 5. The third-order valence-electron chi connectivity index (χ3n) is 4.93. The molecule has 2 rings (SSSR count). The van der Waals surface area contributed by atoms with Crippen LogP contribution in [0.1, 0.15) is 38.5 Å². The Bertz CT molecular complexity index is 634. The Morgan fingerprint density at radius 3 is 2.54 bits per heavy atom. The van der Waals surface area contributed by atoms with Gasteiger partial charge in [0.1, 0.15) is 12.1 Å². The number of nitrogens with zero attached hydrogens (tertiary/aromatic N) is 1. The van der Waals surface area contributed by atoms with Gasteiger partial charge in [-0.15, -0.1) is 0 Å². The summed E-state index contributed by atoms with van der Waals surface area (Å²) in [7, 11) is 0. The van der Waals surface area contributed by atoms with Crippen molar-refractivity contribution in [3.8, 4) is 0 Å². The van der Waals surface area contributed by atoms with Gasteiger partial charge < -0.3 is 31.7 Å². The zero-order chi connectivity index (χ0) is 20.7. The number of carboxylic acid groups (broad SMARTS) is 1. The van der Waals surface area contributed by atoms with Gasteiger partial charge in [0.2, 0.25) is 23.6 Å². The minimum atomic E-state index is -1.11. The molecule has 0 bridgehead atoms. The van der Waals surface area contributed by atoms with Crippen molar-refractivity contribution >= 4 is 29.6 Å². The predicted molar refractivity (Wildman–Crippen MR) is 96.8 cm³/mol. The summed E-state index contributed by atoms with van der Waals surface area (Å²) in [6.07, 6.45) is 2.28. The number of aliphatic carboxylic acids is 1. The van der Waals surface area contributed by atoms with Crippen molar-refractivity contribution in [1.29, 1.82) is 0 Å². The van der Waals surface area contributed by atoms with E-state index in [1.807, 2.05) is 0 Å².